The fourth-order valence-corrected chi connectivity index (χ4v) is 5.92. The molecule has 0 saturated heterocycles. The van der Waals surface area contributed by atoms with Crippen LogP contribution in [0.25, 0.3) is 20.4 Å². The summed E-state index contributed by atoms with van der Waals surface area (Å²) in [5, 5.41) is 2.85. The van der Waals surface area contributed by atoms with Gasteiger partial charge in [0.15, 0.2) is 0 Å². The molecule has 4 aromatic rings. The Bertz CT molecular complexity index is 1210. The number of halogens is 1. The van der Waals surface area contributed by atoms with E-state index >= 15 is 0 Å². The third kappa shape index (κ3) is 3.28. The predicted molar refractivity (Wildman–Crippen MR) is 116 cm³/mol. The molecular weight excluding hydrogens is 410 g/mol. The summed E-state index contributed by atoms with van der Waals surface area (Å²) in [5.41, 5.74) is 4.20. The highest BCUT2D eigenvalue weighted by Gasteiger charge is 2.28. The molecule has 0 N–H and O–H groups in total. The molecule has 0 aliphatic carbocycles. The average Bonchev–Trinajstić information content (AvgIpc) is 3.03. The van der Waals surface area contributed by atoms with Crippen molar-refractivity contribution in [2.75, 3.05) is 0 Å². The molecule has 0 bridgehead atoms. The molecule has 0 saturated carbocycles. The Morgan fingerprint density at radius 2 is 2.11 bits per heavy atom. The van der Waals surface area contributed by atoms with Gasteiger partial charge in [0.05, 0.1) is 28.1 Å². The topological polar surface area (TPSA) is 47.9 Å². The van der Waals surface area contributed by atoms with Crippen molar-refractivity contribution in [2.45, 2.75) is 43.3 Å². The summed E-state index contributed by atoms with van der Waals surface area (Å²) in [6, 6.07) is 10.1. The molecule has 1 aliphatic heterocycles. The van der Waals surface area contributed by atoms with E-state index in [1.165, 1.54) is 0 Å². The number of fused-ring (bicyclic) bond motifs is 4. The van der Waals surface area contributed by atoms with E-state index in [-0.39, 0.29) is 5.60 Å². The van der Waals surface area contributed by atoms with E-state index in [2.05, 4.69) is 35.9 Å². The summed E-state index contributed by atoms with van der Waals surface area (Å²) in [6.07, 6.45) is 2.47. The number of nitrogens with zero attached hydrogens (tertiary/aromatic N) is 3. The zero-order valence-corrected chi connectivity index (χ0v) is 17.9. The van der Waals surface area contributed by atoms with Gasteiger partial charge in [0.25, 0.3) is 0 Å². The van der Waals surface area contributed by atoms with Crippen LogP contribution in [0.3, 0.4) is 0 Å². The highest BCUT2D eigenvalue weighted by atomic mass is 35.5. The van der Waals surface area contributed by atoms with Crippen LogP contribution >= 0.6 is 34.7 Å². The molecule has 5 rings (SSSR count). The number of hydrogen-bond donors (Lipinski definition) is 0. The molecule has 0 unspecified atom stereocenters. The number of rotatable bonds is 3. The Morgan fingerprint density at radius 1 is 1.25 bits per heavy atom. The van der Waals surface area contributed by atoms with Crippen molar-refractivity contribution in [3.8, 4) is 0 Å². The molecule has 0 atom stereocenters. The lowest BCUT2D eigenvalue weighted by atomic mass is 9.95. The number of thiophene rings is 1. The van der Waals surface area contributed by atoms with Crippen LogP contribution in [-0.2, 0) is 23.5 Å². The maximum absolute atomic E-state index is 6.30. The van der Waals surface area contributed by atoms with Crippen LogP contribution < -0.4 is 0 Å². The molecular formula is C21H18ClN3OS2. The molecule has 0 radical (unpaired) electrons. The van der Waals surface area contributed by atoms with Gasteiger partial charge < -0.3 is 4.74 Å². The lowest BCUT2D eigenvalue weighted by Gasteiger charge is -2.30. The van der Waals surface area contributed by atoms with Crippen LogP contribution in [-0.4, -0.2) is 20.6 Å². The molecule has 4 nitrogen and oxygen atoms in total. The van der Waals surface area contributed by atoms with Crippen molar-refractivity contribution in [1.82, 2.24) is 15.0 Å². The van der Waals surface area contributed by atoms with Gasteiger partial charge in [0.1, 0.15) is 16.2 Å². The maximum Gasteiger partial charge on any atom is 0.126 e. The standard InChI is InChI=1S/C21H18ClN3OS2/c1-21(2)8-16-13(9-26-21)7-14-17-18(28-19(14)25-16)20(24-11-23-17)27-10-12-5-3-4-6-15(12)22/h3-7,11H,8-10H2,1-2H3. The maximum atomic E-state index is 6.30. The van der Waals surface area contributed by atoms with Gasteiger partial charge in [-0.25, -0.2) is 15.0 Å². The van der Waals surface area contributed by atoms with Crippen LogP contribution in [0.15, 0.2) is 41.7 Å². The quantitative estimate of drug-likeness (QED) is 0.295. The summed E-state index contributed by atoms with van der Waals surface area (Å²) in [5.74, 6) is 0.770. The molecule has 3 aromatic heterocycles. The van der Waals surface area contributed by atoms with E-state index in [0.717, 1.165) is 59.5 Å². The third-order valence-electron chi connectivity index (χ3n) is 4.91. The van der Waals surface area contributed by atoms with E-state index in [1.54, 1.807) is 29.4 Å². The summed E-state index contributed by atoms with van der Waals surface area (Å²) in [6.45, 7) is 4.82. The van der Waals surface area contributed by atoms with Gasteiger partial charge >= 0.3 is 0 Å². The first-order chi connectivity index (χ1) is 13.5. The Morgan fingerprint density at radius 3 is 2.96 bits per heavy atom. The Labute approximate surface area is 176 Å². The molecule has 0 amide bonds. The smallest absolute Gasteiger partial charge is 0.126 e. The van der Waals surface area contributed by atoms with Gasteiger partial charge in [-0.1, -0.05) is 29.8 Å². The summed E-state index contributed by atoms with van der Waals surface area (Å²) >= 11 is 9.66. The Hall–Kier alpha value is -1.73. The second kappa shape index (κ2) is 6.95. The Balaban J connectivity index is 1.56. The summed E-state index contributed by atoms with van der Waals surface area (Å²) in [7, 11) is 0. The van der Waals surface area contributed by atoms with Crippen molar-refractivity contribution in [3.63, 3.8) is 0 Å². The molecule has 0 fully saturated rings. The van der Waals surface area contributed by atoms with Crippen LogP contribution in [0, 0.1) is 0 Å². The lowest BCUT2D eigenvalue weighted by molar-refractivity contribution is -0.0411. The third-order valence-corrected chi connectivity index (χ3v) is 7.55. The van der Waals surface area contributed by atoms with Gasteiger partial charge in [0.2, 0.25) is 0 Å². The van der Waals surface area contributed by atoms with E-state index in [9.17, 15) is 0 Å². The van der Waals surface area contributed by atoms with Crippen molar-refractivity contribution >= 4 is 55.1 Å². The Kier molecular flexibility index (Phi) is 4.55. The molecule has 1 aliphatic rings. The molecule has 142 valence electrons. The highest BCUT2D eigenvalue weighted by molar-refractivity contribution is 7.98. The van der Waals surface area contributed by atoms with Crippen LogP contribution in [0.4, 0.5) is 0 Å². The number of hydrogen-bond acceptors (Lipinski definition) is 6. The number of ether oxygens (including phenoxy) is 1. The fourth-order valence-electron chi connectivity index (χ4n) is 3.43. The first-order valence-corrected chi connectivity index (χ1v) is 11.2. The number of aromatic nitrogens is 3. The minimum absolute atomic E-state index is 0.167. The second-order valence-electron chi connectivity index (χ2n) is 7.51. The number of pyridine rings is 1. The molecule has 1 aromatic carbocycles. The van der Waals surface area contributed by atoms with Gasteiger partial charge in [0, 0.05) is 28.1 Å². The van der Waals surface area contributed by atoms with E-state index in [1.807, 2.05) is 18.2 Å². The monoisotopic (exact) mass is 427 g/mol. The van der Waals surface area contributed by atoms with Gasteiger partial charge in [-0.15, -0.1) is 23.1 Å². The molecule has 7 heteroatoms. The molecule has 4 heterocycles. The number of thioether (sulfide) groups is 1. The first-order valence-electron chi connectivity index (χ1n) is 9.06. The number of benzene rings is 1. The van der Waals surface area contributed by atoms with Crippen LogP contribution in [0.5, 0.6) is 0 Å². The minimum Gasteiger partial charge on any atom is -0.370 e. The normalized spacial score (nSPS) is 15.8. The summed E-state index contributed by atoms with van der Waals surface area (Å²) < 4.78 is 7.05. The zero-order chi connectivity index (χ0) is 19.3. The van der Waals surface area contributed by atoms with Crippen molar-refractivity contribution in [3.05, 3.63) is 58.5 Å². The SMILES string of the molecule is CC1(C)Cc2nc3sc4c(SCc5ccccc5Cl)ncnc4c3cc2CO1. The van der Waals surface area contributed by atoms with Gasteiger partial charge in [-0.3, -0.25) is 0 Å². The zero-order valence-electron chi connectivity index (χ0n) is 15.5. The van der Waals surface area contributed by atoms with Crippen molar-refractivity contribution in [2.24, 2.45) is 0 Å². The largest absolute Gasteiger partial charge is 0.370 e. The first kappa shape index (κ1) is 18.3. The van der Waals surface area contributed by atoms with Gasteiger partial charge in [-0.05, 0) is 31.5 Å². The predicted octanol–water partition coefficient (Wildman–Crippen LogP) is 6.04. The van der Waals surface area contributed by atoms with Crippen LogP contribution in [0.2, 0.25) is 5.02 Å². The highest BCUT2D eigenvalue weighted by Crippen LogP contribution is 2.39. The molecule has 0 spiro atoms. The van der Waals surface area contributed by atoms with Crippen molar-refractivity contribution < 1.29 is 4.74 Å². The van der Waals surface area contributed by atoms with Gasteiger partial charge in [-0.2, -0.15) is 0 Å². The summed E-state index contributed by atoms with van der Waals surface area (Å²) in [4.78, 5) is 15.1. The average molecular weight is 428 g/mol. The van der Waals surface area contributed by atoms with Crippen molar-refractivity contribution in [1.29, 1.82) is 0 Å². The fraction of sp³-hybridized carbons (Fsp3) is 0.286. The second-order valence-corrected chi connectivity index (χ2v) is 9.88. The van der Waals surface area contributed by atoms with Crippen LogP contribution in [0.1, 0.15) is 30.7 Å². The molecule has 28 heavy (non-hydrogen) atoms. The van der Waals surface area contributed by atoms with E-state index in [4.69, 9.17) is 21.3 Å². The lowest BCUT2D eigenvalue weighted by Crippen LogP contribution is -2.32. The minimum atomic E-state index is -0.167. The van der Waals surface area contributed by atoms with E-state index in [0.29, 0.717) is 6.61 Å². The van der Waals surface area contributed by atoms with E-state index < -0.39 is 0 Å².